The molecule has 0 unspecified atom stereocenters. The molecule has 0 heterocycles. The molecule has 1 aromatic carbocycles. The van der Waals surface area contributed by atoms with E-state index in [0.717, 1.165) is 5.69 Å². The van der Waals surface area contributed by atoms with E-state index >= 15 is 0 Å². The van der Waals surface area contributed by atoms with Crippen LogP contribution in [-0.4, -0.2) is 32.7 Å². The number of anilines is 2. The maximum atomic E-state index is 11.1. The summed E-state index contributed by atoms with van der Waals surface area (Å²) in [6, 6.07) is 7.01. The third-order valence-electron chi connectivity index (χ3n) is 2.71. The molecule has 0 saturated carbocycles. The fourth-order valence-corrected chi connectivity index (χ4v) is 1.73. The summed E-state index contributed by atoms with van der Waals surface area (Å²) in [6.07, 6.45) is 0.390. The monoisotopic (exact) mass is 262 g/mol. The van der Waals surface area contributed by atoms with Crippen LogP contribution in [0.4, 0.5) is 11.4 Å². The number of nitrogen functional groups attached to an aromatic ring is 1. The quantitative estimate of drug-likeness (QED) is 0.705. The SMILES string of the molecule is COCCN(CCC#N)c1ccc(C(N)=O)cc1N. The first-order valence-electron chi connectivity index (χ1n) is 5.90. The first-order valence-corrected chi connectivity index (χ1v) is 5.90. The number of nitrogens with two attached hydrogens (primary N) is 2. The molecule has 0 spiro atoms. The molecule has 0 radical (unpaired) electrons. The van der Waals surface area contributed by atoms with E-state index < -0.39 is 5.91 Å². The van der Waals surface area contributed by atoms with Gasteiger partial charge >= 0.3 is 0 Å². The Hall–Kier alpha value is -2.26. The minimum Gasteiger partial charge on any atom is -0.397 e. The van der Waals surface area contributed by atoms with Crippen molar-refractivity contribution in [3.05, 3.63) is 23.8 Å². The van der Waals surface area contributed by atoms with Gasteiger partial charge in [0.15, 0.2) is 0 Å². The highest BCUT2D eigenvalue weighted by Gasteiger charge is 2.11. The average Bonchev–Trinajstić information content (AvgIpc) is 2.39. The molecule has 1 rings (SSSR count). The Morgan fingerprint density at radius 1 is 1.47 bits per heavy atom. The molecule has 102 valence electrons. The molecular formula is C13H18N4O2. The molecular weight excluding hydrogens is 244 g/mol. The summed E-state index contributed by atoms with van der Waals surface area (Å²) >= 11 is 0. The van der Waals surface area contributed by atoms with Gasteiger partial charge in [0.25, 0.3) is 0 Å². The molecule has 0 aliphatic carbocycles. The van der Waals surface area contributed by atoms with Gasteiger partial charge in [-0.05, 0) is 18.2 Å². The van der Waals surface area contributed by atoms with Crippen LogP contribution < -0.4 is 16.4 Å². The van der Waals surface area contributed by atoms with Crippen molar-refractivity contribution in [3.63, 3.8) is 0 Å². The minimum absolute atomic E-state index is 0.369. The van der Waals surface area contributed by atoms with E-state index in [1.807, 2.05) is 4.90 Å². The topological polar surface area (TPSA) is 105 Å². The molecule has 0 aliphatic heterocycles. The number of carbonyl (C=O) groups is 1. The van der Waals surface area contributed by atoms with Gasteiger partial charge in [0.2, 0.25) is 5.91 Å². The smallest absolute Gasteiger partial charge is 0.248 e. The van der Waals surface area contributed by atoms with Gasteiger partial charge in [-0.1, -0.05) is 0 Å². The summed E-state index contributed by atoms with van der Waals surface area (Å²) in [5.74, 6) is -0.515. The summed E-state index contributed by atoms with van der Waals surface area (Å²) < 4.78 is 5.04. The van der Waals surface area contributed by atoms with Crippen molar-refractivity contribution in [2.45, 2.75) is 6.42 Å². The molecule has 4 N–H and O–H groups in total. The first-order chi connectivity index (χ1) is 9.10. The molecule has 6 heteroatoms. The van der Waals surface area contributed by atoms with E-state index in [4.69, 9.17) is 21.5 Å². The predicted octanol–water partition coefficient (Wildman–Crippen LogP) is 0.734. The Bertz CT molecular complexity index is 482. The second-order valence-electron chi connectivity index (χ2n) is 4.03. The largest absolute Gasteiger partial charge is 0.397 e. The van der Waals surface area contributed by atoms with Crippen LogP contribution in [0.3, 0.4) is 0 Å². The van der Waals surface area contributed by atoms with Crippen molar-refractivity contribution in [3.8, 4) is 6.07 Å². The third-order valence-corrected chi connectivity index (χ3v) is 2.71. The summed E-state index contributed by atoms with van der Waals surface area (Å²) in [5.41, 5.74) is 12.7. The Morgan fingerprint density at radius 2 is 2.21 bits per heavy atom. The summed E-state index contributed by atoms with van der Waals surface area (Å²) in [7, 11) is 1.61. The van der Waals surface area contributed by atoms with E-state index in [1.54, 1.807) is 25.3 Å². The molecule has 6 nitrogen and oxygen atoms in total. The molecule has 0 bridgehead atoms. The van der Waals surface area contributed by atoms with Crippen molar-refractivity contribution in [2.24, 2.45) is 5.73 Å². The van der Waals surface area contributed by atoms with E-state index in [9.17, 15) is 4.79 Å². The second-order valence-corrected chi connectivity index (χ2v) is 4.03. The highest BCUT2D eigenvalue weighted by molar-refractivity contribution is 5.94. The zero-order valence-electron chi connectivity index (χ0n) is 10.9. The number of carbonyl (C=O) groups excluding carboxylic acids is 1. The van der Waals surface area contributed by atoms with Gasteiger partial charge in [-0.15, -0.1) is 0 Å². The van der Waals surface area contributed by atoms with Gasteiger partial charge in [-0.2, -0.15) is 5.26 Å². The zero-order chi connectivity index (χ0) is 14.3. The van der Waals surface area contributed by atoms with Crippen molar-refractivity contribution < 1.29 is 9.53 Å². The number of primary amides is 1. The molecule has 0 aliphatic rings. The Kier molecular flexibility index (Phi) is 5.64. The van der Waals surface area contributed by atoms with E-state index in [-0.39, 0.29) is 0 Å². The van der Waals surface area contributed by atoms with Gasteiger partial charge < -0.3 is 21.1 Å². The molecule has 1 amide bonds. The standard InChI is InChI=1S/C13H18N4O2/c1-19-8-7-17(6-2-5-14)12-4-3-10(13(16)18)9-11(12)15/h3-4,9H,2,6-8,15H2,1H3,(H2,16,18). The van der Waals surface area contributed by atoms with Gasteiger partial charge in [-0.25, -0.2) is 0 Å². The average molecular weight is 262 g/mol. The van der Waals surface area contributed by atoms with E-state index in [1.165, 1.54) is 0 Å². The number of ether oxygens (including phenoxy) is 1. The highest BCUT2D eigenvalue weighted by Crippen LogP contribution is 2.24. The van der Waals surface area contributed by atoms with Crippen LogP contribution in [0, 0.1) is 11.3 Å². The van der Waals surface area contributed by atoms with Crippen LogP contribution in [0.5, 0.6) is 0 Å². The number of hydrogen-bond donors (Lipinski definition) is 2. The van der Waals surface area contributed by atoms with Crippen molar-refractivity contribution in [1.82, 2.24) is 0 Å². The number of methoxy groups -OCH3 is 1. The van der Waals surface area contributed by atoms with Gasteiger partial charge in [0.1, 0.15) is 0 Å². The number of nitrogens with zero attached hydrogens (tertiary/aromatic N) is 2. The number of benzene rings is 1. The number of amides is 1. The molecule has 1 aromatic rings. The van der Waals surface area contributed by atoms with Gasteiger partial charge in [0, 0.05) is 25.8 Å². The Labute approximate surface area is 112 Å². The van der Waals surface area contributed by atoms with E-state index in [2.05, 4.69) is 6.07 Å². The predicted molar refractivity (Wildman–Crippen MR) is 73.7 cm³/mol. The van der Waals surface area contributed by atoms with Crippen LogP contribution >= 0.6 is 0 Å². The summed E-state index contributed by atoms with van der Waals surface area (Å²) in [4.78, 5) is 13.0. The lowest BCUT2D eigenvalue weighted by Gasteiger charge is -2.25. The molecule has 0 fully saturated rings. The maximum Gasteiger partial charge on any atom is 0.248 e. The van der Waals surface area contributed by atoms with Crippen LogP contribution in [0.2, 0.25) is 0 Å². The number of nitriles is 1. The zero-order valence-corrected chi connectivity index (χ0v) is 10.9. The lowest BCUT2D eigenvalue weighted by molar-refractivity contribution is 0.100. The van der Waals surface area contributed by atoms with E-state index in [0.29, 0.717) is 37.4 Å². The lowest BCUT2D eigenvalue weighted by atomic mass is 10.1. The van der Waals surface area contributed by atoms with Gasteiger partial charge in [-0.3, -0.25) is 4.79 Å². The third kappa shape index (κ3) is 4.16. The maximum absolute atomic E-state index is 11.1. The van der Waals surface area contributed by atoms with Gasteiger partial charge in [0.05, 0.1) is 30.5 Å². The number of hydrogen-bond acceptors (Lipinski definition) is 5. The molecule has 19 heavy (non-hydrogen) atoms. The summed E-state index contributed by atoms with van der Waals surface area (Å²) in [6.45, 7) is 1.71. The number of rotatable bonds is 7. The molecule has 0 atom stereocenters. The van der Waals surface area contributed by atoms with Crippen molar-refractivity contribution in [1.29, 1.82) is 5.26 Å². The summed E-state index contributed by atoms with van der Waals surface area (Å²) in [5, 5.41) is 8.67. The molecule has 0 saturated heterocycles. The second kappa shape index (κ2) is 7.24. The Morgan fingerprint density at radius 3 is 2.74 bits per heavy atom. The fourth-order valence-electron chi connectivity index (χ4n) is 1.73. The lowest BCUT2D eigenvalue weighted by Crippen LogP contribution is -2.29. The first kappa shape index (κ1) is 14.8. The Balaban J connectivity index is 2.94. The van der Waals surface area contributed by atoms with Crippen LogP contribution in [0.1, 0.15) is 16.8 Å². The van der Waals surface area contributed by atoms with Crippen molar-refractivity contribution in [2.75, 3.05) is 37.4 Å². The normalized spacial score (nSPS) is 9.89. The van der Waals surface area contributed by atoms with Crippen LogP contribution in [0.15, 0.2) is 18.2 Å². The molecule has 0 aromatic heterocycles. The van der Waals surface area contributed by atoms with Crippen LogP contribution in [-0.2, 0) is 4.74 Å². The van der Waals surface area contributed by atoms with Crippen molar-refractivity contribution >= 4 is 17.3 Å². The van der Waals surface area contributed by atoms with Crippen LogP contribution in [0.25, 0.3) is 0 Å². The minimum atomic E-state index is -0.515. The highest BCUT2D eigenvalue weighted by atomic mass is 16.5. The fraction of sp³-hybridized carbons (Fsp3) is 0.385.